The molecule has 190 valence electrons. The number of hydrogen-bond acceptors (Lipinski definition) is 5. The second-order valence-electron chi connectivity index (χ2n) is 9.25. The van der Waals surface area contributed by atoms with E-state index >= 15 is 0 Å². The van der Waals surface area contributed by atoms with E-state index in [4.69, 9.17) is 0 Å². The smallest absolute Gasteiger partial charge is 0.150 e. The Morgan fingerprint density at radius 1 is 0.425 bits per heavy atom. The second kappa shape index (κ2) is 11.5. The number of fused-ring (bicyclic) bond motifs is 4. The Labute approximate surface area is 232 Å². The predicted octanol–water partition coefficient (Wildman–Crippen LogP) is 7.25. The lowest BCUT2D eigenvalue weighted by atomic mass is 10.1. The number of carbonyl (C=O) groups is 1. The maximum atomic E-state index is 10.8. The van der Waals surface area contributed by atoms with E-state index in [2.05, 4.69) is 20.0 Å². The van der Waals surface area contributed by atoms with Gasteiger partial charge in [0.15, 0.2) is 6.29 Å². The van der Waals surface area contributed by atoms with Crippen molar-refractivity contribution in [1.29, 1.82) is 0 Å². The molecule has 0 amide bonds. The molecule has 5 heteroatoms. The number of aliphatic imine (C=N–C) groups is 4. The van der Waals surface area contributed by atoms with E-state index in [1.165, 1.54) is 0 Å². The average molecular weight is 517 g/mol. The number of hydrogen-bond donors (Lipinski definition) is 0. The summed E-state index contributed by atoms with van der Waals surface area (Å²) in [7, 11) is 0. The Balaban J connectivity index is 0.000000158. The topological polar surface area (TPSA) is 66.5 Å². The van der Waals surface area contributed by atoms with Crippen molar-refractivity contribution in [3.63, 3.8) is 0 Å². The van der Waals surface area contributed by atoms with Gasteiger partial charge in [-0.25, -0.2) is 20.0 Å². The van der Waals surface area contributed by atoms with Crippen LogP contribution in [0.25, 0.3) is 12.2 Å². The molecule has 0 saturated heterocycles. The zero-order valence-corrected chi connectivity index (χ0v) is 21.6. The Bertz CT molecular complexity index is 1590. The van der Waals surface area contributed by atoms with E-state index in [1.807, 2.05) is 140 Å². The van der Waals surface area contributed by atoms with Crippen LogP contribution in [0.5, 0.6) is 0 Å². The number of aldehydes is 1. The van der Waals surface area contributed by atoms with Crippen LogP contribution < -0.4 is 0 Å². The lowest BCUT2D eigenvalue weighted by Gasteiger charge is -1.97. The van der Waals surface area contributed by atoms with Gasteiger partial charge < -0.3 is 0 Å². The van der Waals surface area contributed by atoms with Crippen LogP contribution in [0.2, 0.25) is 0 Å². The van der Waals surface area contributed by atoms with E-state index in [0.717, 1.165) is 68.6 Å². The molecule has 0 fully saturated rings. The van der Waals surface area contributed by atoms with Crippen molar-refractivity contribution in [2.75, 3.05) is 0 Å². The SMILES string of the molecule is C1=CC2=NC1=CC1=NC(=CC3=NC(=CC4=NC(=C2)C=C4)C=C3)C=C1.O=Cc1ccccc1C=Cc1ccccc1. The zero-order chi connectivity index (χ0) is 27.1. The molecular formula is C35H24N4O. The predicted molar refractivity (Wildman–Crippen MR) is 166 cm³/mol. The standard InChI is InChI=1S/C20H12N4.C15H12O/c1-2-14-10-16-5-6-18(23-16)12-20-8-7-19(24-20)11-17-4-3-15(22-17)9-13(1)21-14;16-12-15-9-5-4-8-14(15)11-10-13-6-2-1-3-7-13/h1-12H;1-12H. The summed E-state index contributed by atoms with van der Waals surface area (Å²) in [5.41, 5.74) is 9.94. The Morgan fingerprint density at radius 2 is 0.825 bits per heavy atom. The average Bonchev–Trinajstić information content (AvgIpc) is 3.80. The van der Waals surface area contributed by atoms with Gasteiger partial charge in [0.25, 0.3) is 0 Å². The van der Waals surface area contributed by atoms with Gasteiger partial charge in [0.1, 0.15) is 0 Å². The number of allylic oxidation sites excluding steroid dienone is 12. The summed E-state index contributed by atoms with van der Waals surface area (Å²) in [6, 6.07) is 17.6. The molecular weight excluding hydrogens is 492 g/mol. The molecule has 5 aliphatic heterocycles. The Hall–Kier alpha value is -5.55. The first-order valence-electron chi connectivity index (χ1n) is 12.9. The monoisotopic (exact) mass is 516 g/mol. The van der Waals surface area contributed by atoms with Crippen LogP contribution in [-0.4, -0.2) is 29.1 Å². The van der Waals surface area contributed by atoms with Gasteiger partial charge in [-0.2, -0.15) is 0 Å². The van der Waals surface area contributed by atoms with Crippen LogP contribution in [-0.2, 0) is 0 Å². The normalized spacial score (nSPS) is 17.8. The molecule has 7 rings (SSSR count). The highest BCUT2D eigenvalue weighted by atomic mass is 16.1. The molecule has 2 aromatic carbocycles. The van der Waals surface area contributed by atoms with E-state index in [1.54, 1.807) is 0 Å². The van der Waals surface area contributed by atoms with E-state index in [9.17, 15) is 4.79 Å². The van der Waals surface area contributed by atoms with Crippen LogP contribution >= 0.6 is 0 Å². The van der Waals surface area contributed by atoms with Crippen LogP contribution in [0, 0.1) is 0 Å². The molecule has 0 atom stereocenters. The molecule has 0 aromatic heterocycles. The van der Waals surface area contributed by atoms with Crippen LogP contribution in [0.3, 0.4) is 0 Å². The van der Waals surface area contributed by atoms with Gasteiger partial charge in [0, 0.05) is 5.56 Å². The summed E-state index contributed by atoms with van der Waals surface area (Å²) in [6.07, 6.45) is 28.6. The maximum absolute atomic E-state index is 10.8. The minimum atomic E-state index is 0.717. The summed E-state index contributed by atoms with van der Waals surface area (Å²) in [6.45, 7) is 0. The molecule has 5 aliphatic rings. The molecule has 5 nitrogen and oxygen atoms in total. The molecule has 2 aromatic rings. The lowest BCUT2D eigenvalue weighted by Crippen LogP contribution is -1.89. The fraction of sp³-hybridized carbons (Fsp3) is 0. The first-order valence-corrected chi connectivity index (χ1v) is 12.9. The molecule has 5 heterocycles. The third-order valence-corrected chi connectivity index (χ3v) is 6.29. The fourth-order valence-electron chi connectivity index (χ4n) is 4.35. The van der Waals surface area contributed by atoms with Crippen molar-refractivity contribution in [3.05, 3.63) is 167 Å². The first kappa shape index (κ1) is 24.8. The van der Waals surface area contributed by atoms with Gasteiger partial charge in [-0.05, 0) is 84.0 Å². The van der Waals surface area contributed by atoms with Crippen molar-refractivity contribution in [2.45, 2.75) is 0 Å². The molecule has 0 saturated carbocycles. The van der Waals surface area contributed by atoms with Crippen LogP contribution in [0.4, 0.5) is 0 Å². The van der Waals surface area contributed by atoms with Gasteiger partial charge in [0.05, 0.1) is 45.6 Å². The highest BCUT2D eigenvalue weighted by molar-refractivity contribution is 6.14. The number of benzene rings is 2. The van der Waals surface area contributed by atoms with E-state index in [-0.39, 0.29) is 0 Å². The molecule has 0 spiro atoms. The number of carbonyl (C=O) groups excluding carboxylic acids is 1. The molecule has 8 bridgehead atoms. The van der Waals surface area contributed by atoms with Crippen molar-refractivity contribution < 1.29 is 4.79 Å². The lowest BCUT2D eigenvalue weighted by molar-refractivity contribution is 0.112. The summed E-state index contributed by atoms with van der Waals surface area (Å²) in [5, 5.41) is 0. The Morgan fingerprint density at radius 3 is 1.25 bits per heavy atom. The molecule has 0 N–H and O–H groups in total. The van der Waals surface area contributed by atoms with Crippen molar-refractivity contribution in [1.82, 2.24) is 0 Å². The van der Waals surface area contributed by atoms with Gasteiger partial charge in [-0.15, -0.1) is 0 Å². The van der Waals surface area contributed by atoms with Gasteiger partial charge in [0.2, 0.25) is 0 Å². The quantitative estimate of drug-likeness (QED) is 0.313. The minimum Gasteiger partial charge on any atom is -0.298 e. The summed E-state index contributed by atoms with van der Waals surface area (Å²) in [4.78, 5) is 29.2. The molecule has 40 heavy (non-hydrogen) atoms. The van der Waals surface area contributed by atoms with Gasteiger partial charge >= 0.3 is 0 Å². The van der Waals surface area contributed by atoms with Crippen molar-refractivity contribution in [2.24, 2.45) is 20.0 Å². The fourth-order valence-corrected chi connectivity index (χ4v) is 4.35. The Kier molecular flexibility index (Phi) is 7.09. The number of nitrogens with zero attached hydrogens (tertiary/aromatic N) is 4. The van der Waals surface area contributed by atoms with E-state index in [0.29, 0.717) is 0 Å². The minimum absolute atomic E-state index is 0.717. The van der Waals surface area contributed by atoms with Gasteiger partial charge in [-0.3, -0.25) is 4.79 Å². The van der Waals surface area contributed by atoms with Crippen molar-refractivity contribution >= 4 is 41.3 Å². The van der Waals surface area contributed by atoms with Gasteiger partial charge in [-0.1, -0.05) is 66.7 Å². The summed E-state index contributed by atoms with van der Waals surface area (Å²) >= 11 is 0. The molecule has 0 aliphatic carbocycles. The van der Waals surface area contributed by atoms with Crippen LogP contribution in [0.15, 0.2) is 170 Å². The summed E-state index contributed by atoms with van der Waals surface area (Å²) in [5.74, 6) is 0. The largest absolute Gasteiger partial charge is 0.298 e. The zero-order valence-electron chi connectivity index (χ0n) is 21.6. The van der Waals surface area contributed by atoms with E-state index < -0.39 is 0 Å². The highest BCUT2D eigenvalue weighted by Crippen LogP contribution is 2.20. The maximum Gasteiger partial charge on any atom is 0.150 e. The summed E-state index contributed by atoms with van der Waals surface area (Å²) < 4.78 is 0. The number of rotatable bonds is 3. The third kappa shape index (κ3) is 6.11. The highest BCUT2D eigenvalue weighted by Gasteiger charge is 2.11. The molecule has 0 unspecified atom stereocenters. The second-order valence-corrected chi connectivity index (χ2v) is 9.25. The molecule has 0 radical (unpaired) electrons. The van der Waals surface area contributed by atoms with Crippen molar-refractivity contribution in [3.8, 4) is 0 Å². The third-order valence-electron chi connectivity index (χ3n) is 6.29. The van der Waals surface area contributed by atoms with Crippen LogP contribution in [0.1, 0.15) is 21.5 Å². The first-order chi connectivity index (χ1) is 19.7.